The third-order valence-corrected chi connectivity index (χ3v) is 6.44. The second-order valence-corrected chi connectivity index (χ2v) is 9.26. The summed E-state index contributed by atoms with van der Waals surface area (Å²) in [5.41, 5.74) is 4.25. The van der Waals surface area contributed by atoms with E-state index < -0.39 is 5.91 Å². The second kappa shape index (κ2) is 13.4. The summed E-state index contributed by atoms with van der Waals surface area (Å²) < 4.78 is 10.4. The van der Waals surface area contributed by atoms with Crippen molar-refractivity contribution in [2.24, 2.45) is 5.10 Å². The number of furan rings is 1. The van der Waals surface area contributed by atoms with Crippen molar-refractivity contribution in [2.75, 3.05) is 13.2 Å². The van der Waals surface area contributed by atoms with Crippen LogP contribution in [0.15, 0.2) is 82.5 Å². The molecule has 2 amide bonds. The molecule has 0 aliphatic carbocycles. The molecule has 0 atom stereocenters. The average Bonchev–Trinajstić information content (AvgIpc) is 3.47. The lowest BCUT2D eigenvalue weighted by atomic mass is 9.97. The predicted octanol–water partition coefficient (Wildman–Crippen LogP) is 5.08. The number of hydrazone groups is 1. The van der Waals surface area contributed by atoms with Crippen LogP contribution >= 0.6 is 11.6 Å². The molecule has 0 radical (unpaired) electrons. The number of amides is 2. The molecule has 2 N–H and O–H groups in total. The highest BCUT2D eigenvalue weighted by Crippen LogP contribution is 2.25. The molecule has 9 nitrogen and oxygen atoms in total. The summed E-state index contributed by atoms with van der Waals surface area (Å²) >= 11 is 5.88. The molecule has 1 aromatic heterocycles. The lowest BCUT2D eigenvalue weighted by molar-refractivity contribution is -0.144. The maximum atomic E-state index is 13.4. The summed E-state index contributed by atoms with van der Waals surface area (Å²) in [6.45, 7) is 2.46. The van der Waals surface area contributed by atoms with Gasteiger partial charge in [0.15, 0.2) is 0 Å². The van der Waals surface area contributed by atoms with Crippen LogP contribution in [0.5, 0.6) is 5.75 Å². The smallest absolute Gasteiger partial charge is 0.307 e. The first-order valence-corrected chi connectivity index (χ1v) is 13.0. The Labute approximate surface area is 236 Å². The number of halogens is 1. The summed E-state index contributed by atoms with van der Waals surface area (Å²) in [6.07, 6.45) is 3.26. The predicted molar refractivity (Wildman–Crippen MR) is 151 cm³/mol. The van der Waals surface area contributed by atoms with Crippen LogP contribution in [0.3, 0.4) is 0 Å². The molecule has 0 aliphatic rings. The Morgan fingerprint density at radius 1 is 1.07 bits per heavy atom. The van der Waals surface area contributed by atoms with E-state index in [2.05, 4.69) is 10.5 Å². The monoisotopic (exact) mass is 561 g/mol. The number of nitrogens with one attached hydrogen (secondary N) is 1. The molecule has 1 heterocycles. The summed E-state index contributed by atoms with van der Waals surface area (Å²) in [4.78, 5) is 39.3. The maximum Gasteiger partial charge on any atom is 0.307 e. The number of benzene rings is 3. The van der Waals surface area contributed by atoms with Gasteiger partial charge in [-0.3, -0.25) is 14.4 Å². The number of rotatable bonds is 11. The first kappa shape index (κ1) is 28.4. The normalized spacial score (nSPS) is 11.1. The standard InChI is InChI=1S/C30H28ClN3O6/c1-2-39-29(37)13-14-34(19-23-6-5-15-40-23)28(36)17-20-9-10-22(25-8-4-3-7-24(20)25)18-32-33-30(38)21-11-12-27(35)26(31)16-21/h3-12,15-16,18,35H,2,13-14,17,19H2,1H3,(H,33,38)/b32-18+. The number of esters is 1. The first-order chi connectivity index (χ1) is 19.4. The van der Waals surface area contributed by atoms with E-state index in [1.54, 1.807) is 30.2 Å². The number of phenols is 1. The summed E-state index contributed by atoms with van der Waals surface area (Å²) in [5, 5.41) is 15.4. The van der Waals surface area contributed by atoms with Crippen LogP contribution in [0.2, 0.25) is 5.02 Å². The molecule has 4 rings (SSSR count). The lowest BCUT2D eigenvalue weighted by Crippen LogP contribution is -2.34. The molecule has 0 saturated heterocycles. The van der Waals surface area contributed by atoms with Gasteiger partial charge in [-0.05, 0) is 53.6 Å². The first-order valence-electron chi connectivity index (χ1n) is 12.6. The average molecular weight is 562 g/mol. The van der Waals surface area contributed by atoms with Gasteiger partial charge in [-0.1, -0.05) is 48.0 Å². The fourth-order valence-corrected chi connectivity index (χ4v) is 4.32. The Morgan fingerprint density at radius 3 is 2.60 bits per heavy atom. The van der Waals surface area contributed by atoms with Gasteiger partial charge in [0, 0.05) is 17.7 Å². The maximum absolute atomic E-state index is 13.4. The van der Waals surface area contributed by atoms with Crippen LogP contribution in [0.25, 0.3) is 10.8 Å². The Balaban J connectivity index is 1.50. The van der Waals surface area contributed by atoms with Crippen molar-refractivity contribution in [1.29, 1.82) is 0 Å². The van der Waals surface area contributed by atoms with E-state index >= 15 is 0 Å². The number of phenolic OH excluding ortho intramolecular Hbond substituents is 1. The van der Waals surface area contributed by atoms with Crippen molar-refractivity contribution >= 4 is 46.4 Å². The molecule has 0 unspecified atom stereocenters. The minimum atomic E-state index is -0.482. The van der Waals surface area contributed by atoms with Crippen LogP contribution in [-0.2, 0) is 27.3 Å². The molecule has 0 bridgehead atoms. The Morgan fingerprint density at radius 2 is 1.88 bits per heavy atom. The number of carbonyl (C=O) groups excluding carboxylic acids is 3. The molecule has 10 heteroatoms. The van der Waals surface area contributed by atoms with E-state index in [1.165, 1.54) is 24.4 Å². The molecule has 0 saturated carbocycles. The quantitative estimate of drug-likeness (QED) is 0.150. The Hall–Kier alpha value is -4.63. The molecular weight excluding hydrogens is 534 g/mol. The van der Waals surface area contributed by atoms with E-state index in [1.807, 2.05) is 36.4 Å². The van der Waals surface area contributed by atoms with Crippen LogP contribution in [0.4, 0.5) is 0 Å². The van der Waals surface area contributed by atoms with Crippen molar-refractivity contribution in [2.45, 2.75) is 26.3 Å². The van der Waals surface area contributed by atoms with Crippen LogP contribution < -0.4 is 5.43 Å². The van der Waals surface area contributed by atoms with Gasteiger partial charge in [-0.25, -0.2) is 5.43 Å². The zero-order valence-corrected chi connectivity index (χ0v) is 22.6. The third kappa shape index (κ3) is 7.27. The molecule has 40 heavy (non-hydrogen) atoms. The largest absolute Gasteiger partial charge is 0.506 e. The SMILES string of the molecule is CCOC(=O)CCN(Cc1ccco1)C(=O)Cc1ccc(/C=N/NC(=O)c2ccc(O)c(Cl)c2)c2ccccc12. The van der Waals surface area contributed by atoms with Gasteiger partial charge < -0.3 is 19.2 Å². The zero-order valence-electron chi connectivity index (χ0n) is 21.8. The van der Waals surface area contributed by atoms with Gasteiger partial charge in [-0.15, -0.1) is 0 Å². The fourth-order valence-electron chi connectivity index (χ4n) is 4.14. The molecular formula is C30H28ClN3O6. The molecule has 206 valence electrons. The summed E-state index contributed by atoms with van der Waals surface area (Å²) in [5.74, 6) is -0.509. The number of carbonyl (C=O) groups is 3. The van der Waals surface area contributed by atoms with Crippen molar-refractivity contribution < 1.29 is 28.6 Å². The lowest BCUT2D eigenvalue weighted by Gasteiger charge is -2.22. The minimum absolute atomic E-state index is 0.0661. The molecule has 4 aromatic rings. The van der Waals surface area contributed by atoms with E-state index in [0.717, 1.165) is 21.9 Å². The molecule has 0 spiro atoms. The zero-order chi connectivity index (χ0) is 28.5. The molecule has 0 fully saturated rings. The van der Waals surface area contributed by atoms with E-state index in [9.17, 15) is 19.5 Å². The molecule has 0 aliphatic heterocycles. The number of nitrogens with zero attached hydrogens (tertiary/aromatic N) is 2. The van der Waals surface area contributed by atoms with E-state index in [0.29, 0.717) is 5.76 Å². The van der Waals surface area contributed by atoms with Gasteiger partial charge in [0.1, 0.15) is 11.5 Å². The number of hydrogen-bond donors (Lipinski definition) is 2. The summed E-state index contributed by atoms with van der Waals surface area (Å²) in [6, 6.07) is 18.9. The Kier molecular flexibility index (Phi) is 9.53. The highest BCUT2D eigenvalue weighted by atomic mass is 35.5. The van der Waals surface area contributed by atoms with E-state index in [-0.39, 0.29) is 60.8 Å². The van der Waals surface area contributed by atoms with Gasteiger partial charge in [0.2, 0.25) is 5.91 Å². The number of aromatic hydroxyl groups is 1. The van der Waals surface area contributed by atoms with Crippen molar-refractivity contribution in [3.05, 3.63) is 100 Å². The van der Waals surface area contributed by atoms with Crippen molar-refractivity contribution in [1.82, 2.24) is 10.3 Å². The van der Waals surface area contributed by atoms with Gasteiger partial charge in [0.05, 0.1) is 43.5 Å². The second-order valence-electron chi connectivity index (χ2n) is 8.85. The topological polar surface area (TPSA) is 121 Å². The number of ether oxygens (including phenoxy) is 1. The Bertz CT molecular complexity index is 1530. The van der Waals surface area contributed by atoms with Crippen LogP contribution in [-0.4, -0.2) is 47.2 Å². The van der Waals surface area contributed by atoms with Crippen molar-refractivity contribution in [3.8, 4) is 5.75 Å². The minimum Gasteiger partial charge on any atom is -0.506 e. The van der Waals surface area contributed by atoms with Gasteiger partial charge >= 0.3 is 5.97 Å². The van der Waals surface area contributed by atoms with Gasteiger partial charge in [-0.2, -0.15) is 5.10 Å². The fraction of sp³-hybridized carbons (Fsp3) is 0.200. The highest BCUT2D eigenvalue weighted by molar-refractivity contribution is 6.32. The van der Waals surface area contributed by atoms with Crippen LogP contribution in [0, 0.1) is 0 Å². The highest BCUT2D eigenvalue weighted by Gasteiger charge is 2.19. The van der Waals surface area contributed by atoms with Gasteiger partial charge in [0.25, 0.3) is 5.91 Å². The third-order valence-electron chi connectivity index (χ3n) is 6.14. The number of fused-ring (bicyclic) bond motifs is 1. The van der Waals surface area contributed by atoms with Crippen LogP contribution in [0.1, 0.15) is 40.6 Å². The van der Waals surface area contributed by atoms with Crippen molar-refractivity contribution in [3.63, 3.8) is 0 Å². The van der Waals surface area contributed by atoms with E-state index in [4.69, 9.17) is 20.8 Å². The summed E-state index contributed by atoms with van der Waals surface area (Å²) in [7, 11) is 0. The molecule has 3 aromatic carbocycles. The number of hydrogen-bond acceptors (Lipinski definition) is 7.